The molecule has 4 heteroatoms. The number of hydrogen-bond acceptors (Lipinski definition) is 4. The van der Waals surface area contributed by atoms with Gasteiger partial charge < -0.3 is 5.11 Å². The maximum absolute atomic E-state index is 9.15. The summed E-state index contributed by atoms with van der Waals surface area (Å²) in [5, 5.41) is 21.2. The van der Waals surface area contributed by atoms with Crippen LogP contribution >= 0.6 is 11.8 Å². The predicted molar refractivity (Wildman–Crippen MR) is 68.4 cm³/mol. The summed E-state index contributed by atoms with van der Waals surface area (Å²) in [4.78, 5) is 0. The van der Waals surface area contributed by atoms with Gasteiger partial charge in [-0.1, -0.05) is 0 Å². The maximum Gasteiger partial charge on any atom is 0.104 e. The van der Waals surface area contributed by atoms with Gasteiger partial charge in [-0.05, 0) is 44.8 Å². The molecule has 1 unspecified atom stereocenters. The van der Waals surface area contributed by atoms with Gasteiger partial charge in [-0.25, -0.2) is 0 Å². The monoisotopic (exact) mass is 242 g/mol. The summed E-state index contributed by atoms with van der Waals surface area (Å²) >= 11 is 1.78. The van der Waals surface area contributed by atoms with Crippen LogP contribution in [0.2, 0.25) is 0 Å². The van der Waals surface area contributed by atoms with Crippen LogP contribution in [-0.2, 0) is 0 Å². The minimum atomic E-state index is -0.331. The minimum Gasteiger partial charge on any atom is -0.396 e. The highest BCUT2D eigenvalue weighted by Gasteiger charge is 2.31. The first-order valence-corrected chi connectivity index (χ1v) is 7.23. The van der Waals surface area contributed by atoms with Crippen molar-refractivity contribution in [1.82, 2.24) is 5.32 Å². The zero-order valence-electron chi connectivity index (χ0n) is 10.0. The fourth-order valence-electron chi connectivity index (χ4n) is 1.69. The van der Waals surface area contributed by atoms with Crippen molar-refractivity contribution in [2.75, 3.05) is 18.1 Å². The van der Waals surface area contributed by atoms with Crippen molar-refractivity contribution in [3.63, 3.8) is 0 Å². The van der Waals surface area contributed by atoms with Crippen molar-refractivity contribution < 1.29 is 5.11 Å². The quantitative estimate of drug-likeness (QED) is 0.607. The van der Waals surface area contributed by atoms with E-state index >= 15 is 0 Å². The molecule has 1 rings (SSSR count). The number of rotatable bonds is 9. The number of nitriles is 1. The van der Waals surface area contributed by atoms with Gasteiger partial charge >= 0.3 is 0 Å². The smallest absolute Gasteiger partial charge is 0.104 e. The second-order valence-electron chi connectivity index (χ2n) is 4.66. The Balaban J connectivity index is 2.06. The Morgan fingerprint density at radius 2 is 2.19 bits per heavy atom. The predicted octanol–water partition coefficient (Wildman–Crippen LogP) is 1.92. The summed E-state index contributed by atoms with van der Waals surface area (Å²) in [6.07, 6.45) is 5.60. The lowest BCUT2D eigenvalue weighted by molar-refractivity contribution is 0.322. The molecule has 0 saturated heterocycles. The van der Waals surface area contributed by atoms with E-state index in [4.69, 9.17) is 10.4 Å². The number of thioether (sulfide) groups is 1. The van der Waals surface area contributed by atoms with Gasteiger partial charge in [0.1, 0.15) is 5.54 Å². The first-order chi connectivity index (χ1) is 7.70. The van der Waals surface area contributed by atoms with Crippen LogP contribution in [0.4, 0.5) is 0 Å². The van der Waals surface area contributed by atoms with Crippen LogP contribution in [0.1, 0.15) is 39.0 Å². The Kier molecular flexibility index (Phi) is 6.18. The van der Waals surface area contributed by atoms with Crippen LogP contribution < -0.4 is 5.32 Å². The van der Waals surface area contributed by atoms with Gasteiger partial charge in [-0.15, -0.1) is 0 Å². The first-order valence-electron chi connectivity index (χ1n) is 6.08. The van der Waals surface area contributed by atoms with Gasteiger partial charge in [0.25, 0.3) is 0 Å². The summed E-state index contributed by atoms with van der Waals surface area (Å²) in [6, 6.07) is 2.99. The van der Waals surface area contributed by atoms with Gasteiger partial charge in [0.2, 0.25) is 0 Å². The molecule has 1 atom stereocenters. The highest BCUT2D eigenvalue weighted by molar-refractivity contribution is 7.99. The first kappa shape index (κ1) is 13.8. The normalized spacial score (nSPS) is 19.1. The van der Waals surface area contributed by atoms with Crippen molar-refractivity contribution in [1.29, 1.82) is 5.26 Å². The minimum absolute atomic E-state index is 0.268. The van der Waals surface area contributed by atoms with E-state index in [9.17, 15) is 0 Å². The van der Waals surface area contributed by atoms with Gasteiger partial charge in [0, 0.05) is 11.8 Å². The van der Waals surface area contributed by atoms with Crippen LogP contribution in [0, 0.1) is 11.3 Å². The zero-order valence-corrected chi connectivity index (χ0v) is 10.9. The molecule has 0 heterocycles. The van der Waals surface area contributed by atoms with Gasteiger partial charge in [0.15, 0.2) is 0 Å². The van der Waals surface area contributed by atoms with Crippen LogP contribution in [0.3, 0.4) is 0 Å². The number of nitrogens with one attached hydrogen (secondary N) is 1. The van der Waals surface area contributed by atoms with Crippen LogP contribution in [-0.4, -0.2) is 34.8 Å². The molecule has 92 valence electrons. The second-order valence-corrected chi connectivity index (χ2v) is 5.88. The molecular formula is C12H22N2OS. The molecule has 0 spiro atoms. The van der Waals surface area contributed by atoms with Crippen molar-refractivity contribution in [2.24, 2.45) is 0 Å². The summed E-state index contributed by atoms with van der Waals surface area (Å²) in [5.41, 5.74) is -0.331. The average molecular weight is 242 g/mol. The van der Waals surface area contributed by atoms with E-state index in [2.05, 4.69) is 11.4 Å². The highest BCUT2D eigenvalue weighted by atomic mass is 32.2. The van der Waals surface area contributed by atoms with E-state index in [0.717, 1.165) is 30.8 Å². The molecule has 0 aliphatic heterocycles. The largest absolute Gasteiger partial charge is 0.396 e. The van der Waals surface area contributed by atoms with Crippen molar-refractivity contribution in [2.45, 2.75) is 50.6 Å². The molecule has 0 bridgehead atoms. The number of unbranched alkanes of at least 4 members (excludes halogenated alkanes) is 1. The fraction of sp³-hybridized carbons (Fsp3) is 0.917. The summed E-state index contributed by atoms with van der Waals surface area (Å²) in [7, 11) is 0. The molecule has 2 N–H and O–H groups in total. The standard InChI is InChI=1S/C12H22N2OS/c1-12(10-13,14-11-4-5-11)6-2-3-8-16-9-7-15/h11,14-15H,2-9H2,1H3. The Bertz CT molecular complexity index is 238. The summed E-state index contributed by atoms with van der Waals surface area (Å²) < 4.78 is 0. The van der Waals surface area contributed by atoms with Gasteiger partial charge in [-0.2, -0.15) is 17.0 Å². The van der Waals surface area contributed by atoms with Crippen molar-refractivity contribution >= 4 is 11.8 Å². The van der Waals surface area contributed by atoms with E-state index in [0.29, 0.717) is 6.04 Å². The van der Waals surface area contributed by atoms with Gasteiger partial charge in [-0.3, -0.25) is 5.32 Å². The third kappa shape index (κ3) is 5.74. The van der Waals surface area contributed by atoms with Crippen LogP contribution in [0.5, 0.6) is 0 Å². The second kappa shape index (κ2) is 7.16. The number of nitrogens with zero attached hydrogens (tertiary/aromatic N) is 1. The van der Waals surface area contributed by atoms with Crippen molar-refractivity contribution in [3.8, 4) is 6.07 Å². The Hall–Kier alpha value is -0.240. The summed E-state index contributed by atoms with van der Waals surface area (Å²) in [6.45, 7) is 2.27. The number of aliphatic hydroxyl groups is 1. The van der Waals surface area contributed by atoms with Crippen LogP contribution in [0.15, 0.2) is 0 Å². The SMILES string of the molecule is CC(C#N)(CCCCSCCO)NC1CC1. The third-order valence-electron chi connectivity index (χ3n) is 2.80. The molecule has 0 aromatic rings. The molecule has 1 aliphatic carbocycles. The fourth-order valence-corrected chi connectivity index (χ4v) is 2.43. The Morgan fingerprint density at radius 3 is 2.75 bits per heavy atom. The van der Waals surface area contributed by atoms with Crippen LogP contribution in [0.25, 0.3) is 0 Å². The topological polar surface area (TPSA) is 56.0 Å². The molecule has 3 nitrogen and oxygen atoms in total. The van der Waals surface area contributed by atoms with E-state index in [1.165, 1.54) is 12.8 Å². The highest BCUT2D eigenvalue weighted by Crippen LogP contribution is 2.24. The van der Waals surface area contributed by atoms with Gasteiger partial charge in [0.05, 0.1) is 12.7 Å². The van der Waals surface area contributed by atoms with E-state index < -0.39 is 0 Å². The van der Waals surface area contributed by atoms with E-state index in [1.807, 2.05) is 6.92 Å². The molecular weight excluding hydrogens is 220 g/mol. The van der Waals surface area contributed by atoms with E-state index in [-0.39, 0.29) is 12.1 Å². The molecule has 0 aromatic carbocycles. The maximum atomic E-state index is 9.15. The Labute approximate surface area is 103 Å². The van der Waals surface area contributed by atoms with E-state index in [1.54, 1.807) is 11.8 Å². The molecule has 16 heavy (non-hydrogen) atoms. The lowest BCUT2D eigenvalue weighted by Crippen LogP contribution is -2.42. The lowest BCUT2D eigenvalue weighted by Gasteiger charge is -2.23. The molecule has 1 saturated carbocycles. The number of hydrogen-bond donors (Lipinski definition) is 2. The average Bonchev–Trinajstić information content (AvgIpc) is 3.07. The third-order valence-corrected chi connectivity index (χ3v) is 3.85. The molecule has 1 aliphatic rings. The summed E-state index contributed by atoms with van der Waals surface area (Å²) in [5.74, 6) is 1.92. The molecule has 0 radical (unpaired) electrons. The molecule has 0 amide bonds. The zero-order chi connectivity index (χ0) is 11.9. The molecule has 1 fully saturated rings. The number of aliphatic hydroxyl groups excluding tert-OH is 1. The lowest BCUT2D eigenvalue weighted by atomic mass is 9.96. The molecule has 0 aromatic heterocycles. The Morgan fingerprint density at radius 1 is 1.44 bits per heavy atom. The van der Waals surface area contributed by atoms with Crippen molar-refractivity contribution in [3.05, 3.63) is 0 Å².